The van der Waals surface area contributed by atoms with Crippen LogP contribution in [0.1, 0.15) is 31.4 Å². The maximum Gasteiger partial charge on any atom is 0.308 e. The van der Waals surface area contributed by atoms with E-state index in [1.54, 1.807) is 0 Å². The molecule has 0 saturated carbocycles. The summed E-state index contributed by atoms with van der Waals surface area (Å²) in [5.41, 5.74) is 2.62. The van der Waals surface area contributed by atoms with Crippen LogP contribution in [0.5, 0.6) is 0 Å². The molecule has 1 N–H and O–H groups in total. The third-order valence-corrected chi connectivity index (χ3v) is 2.79. The highest BCUT2D eigenvalue weighted by atomic mass is 16.5. The van der Waals surface area contributed by atoms with E-state index in [0.717, 1.165) is 19.5 Å². The number of benzene rings is 1. The Morgan fingerprint density at radius 3 is 2.72 bits per heavy atom. The van der Waals surface area contributed by atoms with Crippen molar-refractivity contribution in [1.29, 1.82) is 0 Å². The van der Waals surface area contributed by atoms with Gasteiger partial charge < -0.3 is 10.1 Å². The Labute approximate surface area is 110 Å². The van der Waals surface area contributed by atoms with Crippen molar-refractivity contribution in [2.45, 2.75) is 33.7 Å². The van der Waals surface area contributed by atoms with Gasteiger partial charge >= 0.3 is 5.97 Å². The van der Waals surface area contributed by atoms with Crippen LogP contribution in [0.25, 0.3) is 0 Å². The molecular weight excluding hydrogens is 226 g/mol. The van der Waals surface area contributed by atoms with E-state index in [-0.39, 0.29) is 11.9 Å². The molecule has 0 aliphatic heterocycles. The first-order valence-corrected chi connectivity index (χ1v) is 6.53. The average molecular weight is 249 g/mol. The number of aryl methyl sites for hydroxylation is 1. The van der Waals surface area contributed by atoms with Crippen molar-refractivity contribution >= 4 is 5.97 Å². The van der Waals surface area contributed by atoms with Crippen molar-refractivity contribution in [3.8, 4) is 0 Å². The lowest BCUT2D eigenvalue weighted by Gasteiger charge is -2.09. The van der Waals surface area contributed by atoms with E-state index in [9.17, 15) is 4.79 Å². The molecule has 0 unspecified atom stereocenters. The Balaban J connectivity index is 2.09. The standard InChI is InChI=1S/C15H23NO2/c1-12(2)15(17)18-10-6-9-16-11-14-8-5-4-7-13(14)3/h4-5,7-8,12,16H,6,9-11H2,1-3H3. The van der Waals surface area contributed by atoms with Crippen LogP contribution < -0.4 is 5.32 Å². The van der Waals surface area contributed by atoms with E-state index in [0.29, 0.717) is 6.61 Å². The molecule has 1 aromatic rings. The Bertz CT molecular complexity index is 375. The van der Waals surface area contributed by atoms with E-state index < -0.39 is 0 Å². The molecule has 0 bridgehead atoms. The van der Waals surface area contributed by atoms with E-state index in [4.69, 9.17) is 4.74 Å². The molecule has 18 heavy (non-hydrogen) atoms. The Kier molecular flexibility index (Phi) is 6.44. The van der Waals surface area contributed by atoms with Gasteiger partial charge in [0.25, 0.3) is 0 Å². The quantitative estimate of drug-likeness (QED) is 0.596. The minimum Gasteiger partial charge on any atom is -0.465 e. The topological polar surface area (TPSA) is 38.3 Å². The highest BCUT2D eigenvalue weighted by Gasteiger charge is 2.06. The van der Waals surface area contributed by atoms with Gasteiger partial charge in [-0.2, -0.15) is 0 Å². The van der Waals surface area contributed by atoms with Gasteiger partial charge in [0, 0.05) is 6.54 Å². The second-order valence-corrected chi connectivity index (χ2v) is 4.78. The molecule has 0 atom stereocenters. The molecule has 3 heteroatoms. The smallest absolute Gasteiger partial charge is 0.308 e. The minimum atomic E-state index is -0.117. The van der Waals surface area contributed by atoms with Crippen molar-refractivity contribution in [3.05, 3.63) is 35.4 Å². The van der Waals surface area contributed by atoms with Crippen molar-refractivity contribution in [2.24, 2.45) is 5.92 Å². The van der Waals surface area contributed by atoms with Gasteiger partial charge in [-0.15, -0.1) is 0 Å². The van der Waals surface area contributed by atoms with Crippen molar-refractivity contribution < 1.29 is 9.53 Å². The molecular formula is C15H23NO2. The first-order chi connectivity index (χ1) is 8.61. The molecule has 0 radical (unpaired) electrons. The van der Waals surface area contributed by atoms with E-state index in [1.807, 2.05) is 19.9 Å². The third-order valence-electron chi connectivity index (χ3n) is 2.79. The maximum atomic E-state index is 11.2. The normalized spacial score (nSPS) is 10.7. The summed E-state index contributed by atoms with van der Waals surface area (Å²) in [6, 6.07) is 8.33. The van der Waals surface area contributed by atoms with Gasteiger partial charge in [0.2, 0.25) is 0 Å². The molecule has 0 fully saturated rings. The molecule has 0 heterocycles. The highest BCUT2D eigenvalue weighted by molar-refractivity contribution is 5.71. The molecule has 0 saturated heterocycles. The summed E-state index contributed by atoms with van der Waals surface area (Å²) in [6.07, 6.45) is 0.852. The van der Waals surface area contributed by atoms with Crippen molar-refractivity contribution in [1.82, 2.24) is 5.32 Å². The summed E-state index contributed by atoms with van der Waals surface area (Å²) in [7, 11) is 0. The molecule has 0 amide bonds. The summed E-state index contributed by atoms with van der Waals surface area (Å²) in [5, 5.41) is 3.35. The number of nitrogens with one attached hydrogen (secondary N) is 1. The summed E-state index contributed by atoms with van der Waals surface area (Å²) in [4.78, 5) is 11.2. The van der Waals surface area contributed by atoms with E-state index in [2.05, 4.69) is 30.4 Å². The third kappa shape index (κ3) is 5.32. The molecule has 100 valence electrons. The SMILES string of the molecule is Cc1ccccc1CNCCCOC(=O)C(C)C. The van der Waals surface area contributed by atoms with Crippen molar-refractivity contribution in [2.75, 3.05) is 13.2 Å². The Morgan fingerprint density at radius 2 is 2.06 bits per heavy atom. The lowest BCUT2D eigenvalue weighted by molar-refractivity contribution is -0.147. The predicted molar refractivity (Wildman–Crippen MR) is 73.3 cm³/mol. The summed E-state index contributed by atoms with van der Waals surface area (Å²) >= 11 is 0. The zero-order valence-electron chi connectivity index (χ0n) is 11.5. The fourth-order valence-electron chi connectivity index (χ4n) is 1.57. The average Bonchev–Trinajstić information content (AvgIpc) is 2.35. The lowest BCUT2D eigenvalue weighted by Crippen LogP contribution is -2.19. The Morgan fingerprint density at radius 1 is 1.33 bits per heavy atom. The van der Waals surface area contributed by atoms with Gasteiger partial charge in [-0.25, -0.2) is 0 Å². The van der Waals surface area contributed by atoms with Crippen molar-refractivity contribution in [3.63, 3.8) is 0 Å². The molecule has 0 spiro atoms. The molecule has 0 aliphatic rings. The van der Waals surface area contributed by atoms with E-state index in [1.165, 1.54) is 11.1 Å². The second kappa shape index (κ2) is 7.88. The molecule has 1 rings (SSSR count). The number of carbonyl (C=O) groups is 1. The van der Waals surface area contributed by atoms with Crippen LogP contribution in [0.4, 0.5) is 0 Å². The van der Waals surface area contributed by atoms with Gasteiger partial charge in [-0.05, 0) is 31.0 Å². The molecule has 0 aromatic heterocycles. The van der Waals surface area contributed by atoms with Gasteiger partial charge in [0.15, 0.2) is 0 Å². The second-order valence-electron chi connectivity index (χ2n) is 4.78. The van der Waals surface area contributed by atoms with E-state index >= 15 is 0 Å². The summed E-state index contributed by atoms with van der Waals surface area (Å²) in [6.45, 7) is 8.03. The summed E-state index contributed by atoms with van der Waals surface area (Å²) in [5.74, 6) is -0.154. The number of hydrogen-bond donors (Lipinski definition) is 1. The Hall–Kier alpha value is -1.35. The minimum absolute atomic E-state index is 0.0371. The van der Waals surface area contributed by atoms with Crippen LogP contribution in [0, 0.1) is 12.8 Å². The van der Waals surface area contributed by atoms with Gasteiger partial charge in [-0.3, -0.25) is 4.79 Å². The maximum absolute atomic E-state index is 11.2. The van der Waals surface area contributed by atoms with Gasteiger partial charge in [-0.1, -0.05) is 38.1 Å². The largest absolute Gasteiger partial charge is 0.465 e. The molecule has 0 aliphatic carbocycles. The number of esters is 1. The lowest BCUT2D eigenvalue weighted by atomic mass is 10.1. The van der Waals surface area contributed by atoms with Crippen LogP contribution in [-0.2, 0) is 16.1 Å². The monoisotopic (exact) mass is 249 g/mol. The zero-order chi connectivity index (χ0) is 13.4. The fraction of sp³-hybridized carbons (Fsp3) is 0.533. The van der Waals surface area contributed by atoms with Crippen LogP contribution >= 0.6 is 0 Å². The van der Waals surface area contributed by atoms with Crippen LogP contribution in [0.3, 0.4) is 0 Å². The predicted octanol–water partition coefficient (Wildman–Crippen LogP) is 2.67. The zero-order valence-corrected chi connectivity index (χ0v) is 11.5. The van der Waals surface area contributed by atoms with Crippen LogP contribution in [-0.4, -0.2) is 19.1 Å². The number of rotatable bonds is 7. The first-order valence-electron chi connectivity index (χ1n) is 6.53. The van der Waals surface area contributed by atoms with Crippen LogP contribution in [0.2, 0.25) is 0 Å². The fourth-order valence-corrected chi connectivity index (χ4v) is 1.57. The molecule has 3 nitrogen and oxygen atoms in total. The van der Waals surface area contributed by atoms with Crippen LogP contribution in [0.15, 0.2) is 24.3 Å². The van der Waals surface area contributed by atoms with Gasteiger partial charge in [0.05, 0.1) is 12.5 Å². The highest BCUT2D eigenvalue weighted by Crippen LogP contribution is 2.05. The molecule has 1 aromatic carbocycles. The van der Waals surface area contributed by atoms with Gasteiger partial charge in [0.1, 0.15) is 0 Å². The first kappa shape index (κ1) is 14.7. The number of ether oxygens (including phenoxy) is 1. The number of carbonyl (C=O) groups excluding carboxylic acids is 1. The number of hydrogen-bond acceptors (Lipinski definition) is 3. The summed E-state index contributed by atoms with van der Waals surface area (Å²) < 4.78 is 5.10.